The number of halogens is 1. The molecule has 0 aliphatic heterocycles. The zero-order valence-electron chi connectivity index (χ0n) is 9.51. The minimum atomic E-state index is -0.385. The molecular weight excluding hydrogens is 231 g/mol. The van der Waals surface area contributed by atoms with E-state index in [0.717, 1.165) is 5.56 Å². The number of hydrogen-bond donors (Lipinski definition) is 1. The van der Waals surface area contributed by atoms with Gasteiger partial charge in [0.25, 0.3) is 0 Å². The van der Waals surface area contributed by atoms with Crippen molar-refractivity contribution in [1.82, 2.24) is 4.98 Å². The minimum Gasteiger partial charge on any atom is -0.322 e. The summed E-state index contributed by atoms with van der Waals surface area (Å²) in [6, 6.07) is 9.36. The van der Waals surface area contributed by atoms with E-state index in [2.05, 4.69) is 10.3 Å². The van der Waals surface area contributed by atoms with Crippen LogP contribution >= 0.6 is 0 Å². The fourth-order valence-corrected chi connectivity index (χ4v) is 1.40. The Bertz CT molecular complexity index is 567. The Morgan fingerprint density at radius 3 is 2.89 bits per heavy atom. The average molecular weight is 242 g/mol. The number of amides is 1. The molecule has 0 radical (unpaired) electrons. The first-order valence-corrected chi connectivity index (χ1v) is 5.39. The Hall–Kier alpha value is -2.49. The van der Waals surface area contributed by atoms with Crippen LogP contribution in [-0.2, 0) is 4.79 Å². The van der Waals surface area contributed by atoms with Crippen LogP contribution in [-0.4, -0.2) is 10.9 Å². The number of rotatable bonds is 3. The summed E-state index contributed by atoms with van der Waals surface area (Å²) in [5, 5.41) is 2.57. The van der Waals surface area contributed by atoms with Crippen molar-refractivity contribution >= 4 is 17.7 Å². The molecule has 1 aromatic carbocycles. The lowest BCUT2D eigenvalue weighted by Crippen LogP contribution is -2.07. The molecule has 2 rings (SSSR count). The van der Waals surface area contributed by atoms with Crippen LogP contribution in [0.4, 0.5) is 10.1 Å². The van der Waals surface area contributed by atoms with E-state index in [-0.39, 0.29) is 11.7 Å². The van der Waals surface area contributed by atoms with Gasteiger partial charge in [-0.15, -0.1) is 0 Å². The monoisotopic (exact) mass is 242 g/mol. The maximum absolute atomic E-state index is 12.9. The molecule has 4 heteroatoms. The number of aromatic nitrogens is 1. The maximum Gasteiger partial charge on any atom is 0.248 e. The van der Waals surface area contributed by atoms with Crippen LogP contribution in [0.25, 0.3) is 6.08 Å². The van der Waals surface area contributed by atoms with Crippen LogP contribution in [0, 0.1) is 5.82 Å². The summed E-state index contributed by atoms with van der Waals surface area (Å²) in [6.07, 6.45) is 6.32. The Labute approximate surface area is 104 Å². The summed E-state index contributed by atoms with van der Waals surface area (Å²) in [7, 11) is 0. The Morgan fingerprint density at radius 1 is 1.28 bits per heavy atom. The number of carbonyl (C=O) groups excluding carboxylic acids is 1. The van der Waals surface area contributed by atoms with E-state index in [1.807, 2.05) is 6.07 Å². The van der Waals surface area contributed by atoms with Crippen molar-refractivity contribution in [3.05, 3.63) is 66.2 Å². The summed E-state index contributed by atoms with van der Waals surface area (Å²) < 4.78 is 12.9. The first-order chi connectivity index (χ1) is 8.74. The number of anilines is 1. The van der Waals surface area contributed by atoms with E-state index in [0.29, 0.717) is 5.69 Å². The molecule has 18 heavy (non-hydrogen) atoms. The quantitative estimate of drug-likeness (QED) is 0.841. The Morgan fingerprint density at radius 2 is 2.17 bits per heavy atom. The number of benzene rings is 1. The second kappa shape index (κ2) is 5.72. The molecule has 3 nitrogen and oxygen atoms in total. The molecule has 0 atom stereocenters. The molecule has 90 valence electrons. The average Bonchev–Trinajstić information content (AvgIpc) is 2.38. The molecular formula is C14H11FN2O. The fourth-order valence-electron chi connectivity index (χ4n) is 1.40. The molecule has 0 saturated heterocycles. The lowest BCUT2D eigenvalue weighted by molar-refractivity contribution is -0.111. The summed E-state index contributed by atoms with van der Waals surface area (Å²) in [5.41, 5.74) is 1.25. The van der Waals surface area contributed by atoms with Crippen molar-refractivity contribution in [2.45, 2.75) is 0 Å². The molecule has 0 saturated carbocycles. The Kier molecular flexibility index (Phi) is 3.81. The van der Waals surface area contributed by atoms with E-state index >= 15 is 0 Å². The number of nitrogens with one attached hydrogen (secondary N) is 1. The molecule has 0 unspecified atom stereocenters. The SMILES string of the molecule is O=C(C=Cc1cccnc1)Nc1cccc(F)c1. The Balaban J connectivity index is 1.99. The van der Waals surface area contributed by atoms with Gasteiger partial charge in [0.1, 0.15) is 5.82 Å². The van der Waals surface area contributed by atoms with E-state index in [1.165, 1.54) is 24.3 Å². The van der Waals surface area contributed by atoms with Crippen LogP contribution in [0.5, 0.6) is 0 Å². The maximum atomic E-state index is 12.9. The van der Waals surface area contributed by atoms with Gasteiger partial charge in [0.2, 0.25) is 5.91 Å². The van der Waals surface area contributed by atoms with Crippen molar-refractivity contribution < 1.29 is 9.18 Å². The van der Waals surface area contributed by atoms with Gasteiger partial charge in [-0.1, -0.05) is 12.1 Å². The molecule has 0 aliphatic rings. The van der Waals surface area contributed by atoms with Gasteiger partial charge in [-0.2, -0.15) is 0 Å². The predicted octanol–water partition coefficient (Wildman–Crippen LogP) is 2.87. The molecule has 1 heterocycles. The largest absolute Gasteiger partial charge is 0.322 e. The van der Waals surface area contributed by atoms with Crippen LogP contribution < -0.4 is 5.32 Å². The van der Waals surface area contributed by atoms with E-state index in [1.54, 1.807) is 30.6 Å². The first kappa shape index (κ1) is 12.0. The smallest absolute Gasteiger partial charge is 0.248 e. The predicted molar refractivity (Wildman–Crippen MR) is 68.3 cm³/mol. The van der Waals surface area contributed by atoms with Crippen molar-refractivity contribution in [2.24, 2.45) is 0 Å². The molecule has 0 spiro atoms. The lowest BCUT2D eigenvalue weighted by Gasteiger charge is -2.01. The highest BCUT2D eigenvalue weighted by atomic mass is 19.1. The van der Waals surface area contributed by atoms with Crippen molar-refractivity contribution in [1.29, 1.82) is 0 Å². The van der Waals surface area contributed by atoms with E-state index < -0.39 is 0 Å². The molecule has 1 N–H and O–H groups in total. The van der Waals surface area contributed by atoms with Crippen LogP contribution in [0.1, 0.15) is 5.56 Å². The van der Waals surface area contributed by atoms with Gasteiger partial charge in [0, 0.05) is 24.2 Å². The van der Waals surface area contributed by atoms with E-state index in [9.17, 15) is 9.18 Å². The second-order valence-electron chi connectivity index (χ2n) is 3.62. The molecule has 0 aliphatic carbocycles. The van der Waals surface area contributed by atoms with Crippen molar-refractivity contribution in [3.8, 4) is 0 Å². The molecule has 0 fully saturated rings. The third kappa shape index (κ3) is 3.52. The number of pyridine rings is 1. The van der Waals surface area contributed by atoms with Crippen LogP contribution in [0.3, 0.4) is 0 Å². The van der Waals surface area contributed by atoms with Crippen molar-refractivity contribution in [2.75, 3.05) is 5.32 Å². The summed E-state index contributed by atoms with van der Waals surface area (Å²) in [6.45, 7) is 0. The highest BCUT2D eigenvalue weighted by Crippen LogP contribution is 2.09. The lowest BCUT2D eigenvalue weighted by atomic mass is 10.2. The highest BCUT2D eigenvalue weighted by molar-refractivity contribution is 6.01. The number of carbonyl (C=O) groups is 1. The van der Waals surface area contributed by atoms with Gasteiger partial charge in [0.05, 0.1) is 0 Å². The minimum absolute atomic E-state index is 0.315. The second-order valence-corrected chi connectivity index (χ2v) is 3.62. The van der Waals surface area contributed by atoms with Gasteiger partial charge < -0.3 is 5.32 Å². The zero-order valence-corrected chi connectivity index (χ0v) is 9.51. The molecule has 2 aromatic rings. The normalized spacial score (nSPS) is 10.5. The standard InChI is InChI=1S/C14H11FN2O/c15-12-4-1-5-13(9-12)17-14(18)7-6-11-3-2-8-16-10-11/h1-10H,(H,17,18). The van der Waals surface area contributed by atoms with Crippen LogP contribution in [0.2, 0.25) is 0 Å². The van der Waals surface area contributed by atoms with Gasteiger partial charge in [0.15, 0.2) is 0 Å². The van der Waals surface area contributed by atoms with Gasteiger partial charge >= 0.3 is 0 Å². The van der Waals surface area contributed by atoms with Gasteiger partial charge in [-0.3, -0.25) is 9.78 Å². The number of hydrogen-bond acceptors (Lipinski definition) is 2. The van der Waals surface area contributed by atoms with Gasteiger partial charge in [-0.25, -0.2) is 4.39 Å². The first-order valence-electron chi connectivity index (χ1n) is 5.39. The highest BCUT2D eigenvalue weighted by Gasteiger charge is 1.98. The third-order valence-corrected chi connectivity index (χ3v) is 2.20. The summed E-state index contributed by atoms with van der Waals surface area (Å²) in [4.78, 5) is 15.5. The zero-order chi connectivity index (χ0) is 12.8. The molecule has 0 bridgehead atoms. The topological polar surface area (TPSA) is 42.0 Å². The fraction of sp³-hybridized carbons (Fsp3) is 0. The van der Waals surface area contributed by atoms with Crippen LogP contribution in [0.15, 0.2) is 54.9 Å². The summed E-state index contributed by atoms with van der Waals surface area (Å²) >= 11 is 0. The van der Waals surface area contributed by atoms with Gasteiger partial charge in [-0.05, 0) is 35.9 Å². The molecule has 1 amide bonds. The van der Waals surface area contributed by atoms with Crippen molar-refractivity contribution in [3.63, 3.8) is 0 Å². The third-order valence-electron chi connectivity index (χ3n) is 2.20. The summed E-state index contributed by atoms with van der Waals surface area (Å²) in [5.74, 6) is -0.700. The molecule has 1 aromatic heterocycles. The van der Waals surface area contributed by atoms with E-state index in [4.69, 9.17) is 0 Å². The number of nitrogens with zero attached hydrogens (tertiary/aromatic N) is 1.